The number of ketones is 1. The van der Waals surface area contributed by atoms with Gasteiger partial charge in [0.05, 0.1) is 12.5 Å². The predicted octanol–water partition coefficient (Wildman–Crippen LogP) is 3.12. The minimum absolute atomic E-state index is 0.0417. The Morgan fingerprint density at radius 2 is 1.93 bits per heavy atom. The average molecular weight is 227 g/mol. The van der Waals surface area contributed by atoms with Crippen LogP contribution < -0.4 is 4.74 Å². The maximum Gasteiger partial charge on any atom is 0.180 e. The molecule has 0 bridgehead atoms. The number of alkyl halides is 1. The highest BCUT2D eigenvalue weighted by atomic mass is 35.5. The van der Waals surface area contributed by atoms with Gasteiger partial charge in [0.25, 0.3) is 0 Å². The Morgan fingerprint density at radius 1 is 1.33 bits per heavy atom. The Labute approximate surface area is 95.2 Å². The lowest BCUT2D eigenvalue weighted by molar-refractivity contribution is 0.0991. The zero-order valence-corrected chi connectivity index (χ0v) is 10.2. The van der Waals surface area contributed by atoms with E-state index < -0.39 is 5.38 Å². The minimum Gasteiger partial charge on any atom is -0.496 e. The lowest BCUT2D eigenvalue weighted by atomic mass is 10.00. The van der Waals surface area contributed by atoms with Crippen molar-refractivity contribution in [1.29, 1.82) is 0 Å². The topological polar surface area (TPSA) is 26.3 Å². The monoisotopic (exact) mass is 226 g/mol. The Bertz CT molecular complexity index is 383. The number of carbonyl (C=O) groups is 1. The molecule has 0 aliphatic rings. The molecule has 1 aromatic carbocycles. The van der Waals surface area contributed by atoms with E-state index in [1.54, 1.807) is 14.0 Å². The fraction of sp³-hybridized carbons (Fsp3) is 0.417. The van der Waals surface area contributed by atoms with Crippen LogP contribution in [0.1, 0.15) is 28.4 Å². The van der Waals surface area contributed by atoms with E-state index in [0.717, 1.165) is 16.9 Å². The van der Waals surface area contributed by atoms with Gasteiger partial charge < -0.3 is 4.74 Å². The van der Waals surface area contributed by atoms with Crippen LogP contribution in [0.2, 0.25) is 0 Å². The van der Waals surface area contributed by atoms with Gasteiger partial charge in [-0.25, -0.2) is 0 Å². The van der Waals surface area contributed by atoms with Crippen molar-refractivity contribution in [1.82, 2.24) is 0 Å². The van der Waals surface area contributed by atoms with E-state index in [4.69, 9.17) is 16.3 Å². The van der Waals surface area contributed by atoms with Gasteiger partial charge in [0.1, 0.15) is 5.75 Å². The fourth-order valence-electron chi connectivity index (χ4n) is 1.49. The van der Waals surface area contributed by atoms with E-state index in [0.29, 0.717) is 5.56 Å². The number of aryl methyl sites for hydroxylation is 2. The number of carbonyl (C=O) groups excluding carboxylic acids is 1. The molecule has 1 rings (SSSR count). The standard InChI is InChI=1S/C12H15ClO2/c1-7-6-11(15-4)8(2)5-10(7)12(14)9(3)13/h5-6,9H,1-4H3. The van der Waals surface area contributed by atoms with Crippen LogP contribution in [0.15, 0.2) is 12.1 Å². The Kier molecular flexibility index (Phi) is 3.75. The quantitative estimate of drug-likeness (QED) is 0.585. The zero-order chi connectivity index (χ0) is 11.6. The van der Waals surface area contributed by atoms with E-state index >= 15 is 0 Å². The second-order valence-electron chi connectivity index (χ2n) is 3.62. The molecule has 0 fully saturated rings. The molecular formula is C12H15ClO2. The maximum atomic E-state index is 11.7. The molecule has 0 saturated carbocycles. The van der Waals surface area contributed by atoms with Crippen LogP contribution in [0.25, 0.3) is 0 Å². The number of halogens is 1. The fourth-order valence-corrected chi connectivity index (χ4v) is 1.61. The Balaban J connectivity index is 3.22. The van der Waals surface area contributed by atoms with E-state index in [1.165, 1.54) is 0 Å². The van der Waals surface area contributed by atoms with Gasteiger partial charge in [0, 0.05) is 5.56 Å². The van der Waals surface area contributed by atoms with Gasteiger partial charge in [-0.15, -0.1) is 11.6 Å². The molecule has 1 atom stereocenters. The number of ether oxygens (including phenoxy) is 1. The molecule has 2 nitrogen and oxygen atoms in total. The first-order chi connectivity index (χ1) is 6.97. The zero-order valence-electron chi connectivity index (χ0n) is 9.43. The van der Waals surface area contributed by atoms with Crippen LogP contribution in [-0.4, -0.2) is 18.3 Å². The third-order valence-corrected chi connectivity index (χ3v) is 2.57. The molecular weight excluding hydrogens is 212 g/mol. The molecule has 1 unspecified atom stereocenters. The van der Waals surface area contributed by atoms with Crippen molar-refractivity contribution in [3.05, 3.63) is 28.8 Å². The van der Waals surface area contributed by atoms with Crippen LogP contribution in [0.5, 0.6) is 5.75 Å². The van der Waals surface area contributed by atoms with Gasteiger partial charge in [-0.05, 0) is 44.0 Å². The SMILES string of the molecule is COc1cc(C)c(C(=O)C(C)Cl)cc1C. The summed E-state index contributed by atoms with van der Waals surface area (Å²) in [5.74, 6) is 0.756. The van der Waals surface area contributed by atoms with Gasteiger partial charge in [0.15, 0.2) is 5.78 Å². The van der Waals surface area contributed by atoms with Gasteiger partial charge in [-0.1, -0.05) is 0 Å². The van der Waals surface area contributed by atoms with E-state index in [9.17, 15) is 4.79 Å². The Morgan fingerprint density at radius 3 is 2.40 bits per heavy atom. The second kappa shape index (κ2) is 4.67. The number of Topliss-reactive ketones (excluding diaryl/α,β-unsaturated/α-hetero) is 1. The Hall–Kier alpha value is -1.02. The summed E-state index contributed by atoms with van der Waals surface area (Å²) in [5.41, 5.74) is 2.52. The lowest BCUT2D eigenvalue weighted by Crippen LogP contribution is -2.12. The van der Waals surface area contributed by atoms with E-state index in [-0.39, 0.29) is 5.78 Å². The highest BCUT2D eigenvalue weighted by Gasteiger charge is 2.16. The average Bonchev–Trinajstić information content (AvgIpc) is 2.19. The normalized spacial score (nSPS) is 12.3. The van der Waals surface area contributed by atoms with Crippen LogP contribution in [0.3, 0.4) is 0 Å². The van der Waals surface area contributed by atoms with Gasteiger partial charge in [0.2, 0.25) is 0 Å². The molecule has 0 radical (unpaired) electrons. The number of rotatable bonds is 3. The van der Waals surface area contributed by atoms with Crippen LogP contribution >= 0.6 is 11.6 Å². The van der Waals surface area contributed by atoms with Crippen molar-refractivity contribution in [2.75, 3.05) is 7.11 Å². The van der Waals surface area contributed by atoms with Crippen molar-refractivity contribution in [3.63, 3.8) is 0 Å². The third-order valence-electron chi connectivity index (χ3n) is 2.37. The summed E-state index contributed by atoms with van der Waals surface area (Å²) in [6.07, 6.45) is 0. The van der Waals surface area contributed by atoms with E-state index in [2.05, 4.69) is 0 Å². The number of methoxy groups -OCH3 is 1. The van der Waals surface area contributed by atoms with Crippen molar-refractivity contribution in [2.45, 2.75) is 26.1 Å². The molecule has 0 N–H and O–H groups in total. The second-order valence-corrected chi connectivity index (χ2v) is 4.27. The maximum absolute atomic E-state index is 11.7. The molecule has 0 heterocycles. The molecule has 1 aromatic rings. The highest BCUT2D eigenvalue weighted by Crippen LogP contribution is 2.24. The molecule has 0 spiro atoms. The van der Waals surface area contributed by atoms with Crippen LogP contribution in [-0.2, 0) is 0 Å². The summed E-state index contributed by atoms with van der Waals surface area (Å²) in [7, 11) is 1.62. The summed E-state index contributed by atoms with van der Waals surface area (Å²) in [6, 6.07) is 3.69. The largest absolute Gasteiger partial charge is 0.496 e. The van der Waals surface area contributed by atoms with Crippen molar-refractivity contribution < 1.29 is 9.53 Å². The lowest BCUT2D eigenvalue weighted by Gasteiger charge is -2.11. The molecule has 0 aliphatic carbocycles. The van der Waals surface area contributed by atoms with Gasteiger partial charge >= 0.3 is 0 Å². The highest BCUT2D eigenvalue weighted by molar-refractivity contribution is 6.33. The third kappa shape index (κ3) is 2.51. The number of hydrogen-bond acceptors (Lipinski definition) is 2. The molecule has 3 heteroatoms. The minimum atomic E-state index is -0.489. The molecule has 0 saturated heterocycles. The van der Waals surface area contributed by atoms with Crippen LogP contribution in [0.4, 0.5) is 0 Å². The van der Waals surface area contributed by atoms with Crippen LogP contribution in [0, 0.1) is 13.8 Å². The molecule has 0 amide bonds. The molecule has 15 heavy (non-hydrogen) atoms. The summed E-state index contributed by atoms with van der Waals surface area (Å²) in [4.78, 5) is 11.7. The first-order valence-electron chi connectivity index (χ1n) is 4.81. The first kappa shape index (κ1) is 12.1. The van der Waals surface area contributed by atoms with Crippen molar-refractivity contribution in [2.24, 2.45) is 0 Å². The van der Waals surface area contributed by atoms with E-state index in [1.807, 2.05) is 26.0 Å². The smallest absolute Gasteiger partial charge is 0.180 e. The number of hydrogen-bond donors (Lipinski definition) is 0. The molecule has 0 aliphatic heterocycles. The number of benzene rings is 1. The molecule has 0 aromatic heterocycles. The van der Waals surface area contributed by atoms with Crippen molar-refractivity contribution in [3.8, 4) is 5.75 Å². The summed E-state index contributed by atoms with van der Waals surface area (Å²) < 4.78 is 5.18. The molecule has 82 valence electrons. The summed E-state index contributed by atoms with van der Waals surface area (Å²) in [6.45, 7) is 5.48. The predicted molar refractivity (Wildman–Crippen MR) is 62.1 cm³/mol. The first-order valence-corrected chi connectivity index (χ1v) is 5.24. The van der Waals surface area contributed by atoms with Gasteiger partial charge in [-0.2, -0.15) is 0 Å². The van der Waals surface area contributed by atoms with Crippen molar-refractivity contribution >= 4 is 17.4 Å². The summed E-state index contributed by atoms with van der Waals surface area (Å²) >= 11 is 5.78. The van der Waals surface area contributed by atoms with Gasteiger partial charge in [-0.3, -0.25) is 4.79 Å². The summed E-state index contributed by atoms with van der Waals surface area (Å²) in [5, 5.41) is -0.489.